The van der Waals surface area contributed by atoms with Crippen LogP contribution in [-0.2, 0) is 0 Å². The van der Waals surface area contributed by atoms with E-state index < -0.39 is 0 Å². The molecule has 0 fully saturated rings. The van der Waals surface area contributed by atoms with Crippen LogP contribution in [0.15, 0.2) is 76.7 Å². The molecule has 0 radical (unpaired) electrons. The summed E-state index contributed by atoms with van der Waals surface area (Å²) in [6.45, 7) is 0. The van der Waals surface area contributed by atoms with Gasteiger partial charge >= 0.3 is 0 Å². The van der Waals surface area contributed by atoms with Gasteiger partial charge in [0.25, 0.3) is 0 Å². The van der Waals surface area contributed by atoms with Crippen molar-refractivity contribution in [1.29, 1.82) is 0 Å². The fourth-order valence-electron chi connectivity index (χ4n) is 2.58. The number of hydrogen-bond donors (Lipinski definition) is 0. The first kappa shape index (κ1) is 13.2. The monoisotopic (exact) mass is 306 g/mol. The standard InChI is InChI=1S/C18H14N2OS/c1-21-14-10-8-13(9-11-14)20-15-5-2-3-6-16(15)22-17-7-4-12-19-18(17)20/h2-12H,1H3. The summed E-state index contributed by atoms with van der Waals surface area (Å²) in [6, 6.07) is 20.6. The average molecular weight is 306 g/mol. The zero-order chi connectivity index (χ0) is 14.9. The summed E-state index contributed by atoms with van der Waals surface area (Å²) in [5, 5.41) is 0. The first-order valence-corrected chi connectivity index (χ1v) is 7.84. The first-order valence-electron chi connectivity index (χ1n) is 7.03. The summed E-state index contributed by atoms with van der Waals surface area (Å²) in [5.41, 5.74) is 2.23. The molecule has 1 aromatic heterocycles. The molecule has 0 saturated carbocycles. The lowest BCUT2D eigenvalue weighted by Crippen LogP contribution is -2.16. The molecule has 0 bridgehead atoms. The van der Waals surface area contributed by atoms with Crippen molar-refractivity contribution in [3.8, 4) is 5.75 Å². The topological polar surface area (TPSA) is 25.4 Å². The number of ether oxygens (including phenoxy) is 1. The van der Waals surface area contributed by atoms with Crippen molar-refractivity contribution in [2.75, 3.05) is 12.0 Å². The fourth-order valence-corrected chi connectivity index (χ4v) is 3.61. The maximum absolute atomic E-state index is 5.26. The molecule has 0 saturated heterocycles. The van der Waals surface area contributed by atoms with Gasteiger partial charge in [0, 0.05) is 16.8 Å². The van der Waals surface area contributed by atoms with Crippen LogP contribution in [0.1, 0.15) is 0 Å². The molecule has 0 amide bonds. The van der Waals surface area contributed by atoms with Crippen molar-refractivity contribution >= 4 is 29.0 Å². The third-order valence-electron chi connectivity index (χ3n) is 3.62. The number of benzene rings is 2. The van der Waals surface area contributed by atoms with Crippen LogP contribution in [0.2, 0.25) is 0 Å². The lowest BCUT2D eigenvalue weighted by molar-refractivity contribution is 0.415. The van der Waals surface area contributed by atoms with E-state index in [1.807, 2.05) is 24.4 Å². The Morgan fingerprint density at radius 3 is 2.50 bits per heavy atom. The number of aromatic nitrogens is 1. The second-order valence-corrected chi connectivity index (χ2v) is 6.01. The number of methoxy groups -OCH3 is 1. The quantitative estimate of drug-likeness (QED) is 0.519. The molecule has 1 aliphatic rings. The Bertz CT molecular complexity index is 772. The molecule has 22 heavy (non-hydrogen) atoms. The average Bonchev–Trinajstić information content (AvgIpc) is 2.60. The van der Waals surface area contributed by atoms with Crippen LogP contribution in [0, 0.1) is 0 Å². The van der Waals surface area contributed by atoms with Gasteiger partial charge in [-0.05, 0) is 48.5 Å². The largest absolute Gasteiger partial charge is 0.497 e. The third-order valence-corrected chi connectivity index (χ3v) is 4.72. The Hall–Kier alpha value is -2.46. The molecule has 0 unspecified atom stereocenters. The van der Waals surface area contributed by atoms with Crippen LogP contribution < -0.4 is 9.64 Å². The molecule has 2 heterocycles. The van der Waals surface area contributed by atoms with Gasteiger partial charge in [-0.3, -0.25) is 4.90 Å². The SMILES string of the molecule is COc1ccc(N2c3ccccc3Sc3cccnc32)cc1. The number of rotatable bonds is 2. The molecule has 0 N–H and O–H groups in total. The van der Waals surface area contributed by atoms with Gasteiger partial charge in [0.1, 0.15) is 5.75 Å². The van der Waals surface area contributed by atoms with Gasteiger partial charge in [0.05, 0.1) is 17.7 Å². The van der Waals surface area contributed by atoms with Crippen LogP contribution in [0.25, 0.3) is 0 Å². The van der Waals surface area contributed by atoms with Gasteiger partial charge in [-0.2, -0.15) is 0 Å². The minimum absolute atomic E-state index is 0.852. The molecule has 3 aromatic rings. The molecule has 3 nitrogen and oxygen atoms in total. The summed E-state index contributed by atoms with van der Waals surface area (Å²) in [5.74, 6) is 1.82. The van der Waals surface area contributed by atoms with Crippen molar-refractivity contribution in [2.24, 2.45) is 0 Å². The van der Waals surface area contributed by atoms with E-state index in [2.05, 4.69) is 52.3 Å². The van der Waals surface area contributed by atoms with E-state index in [0.717, 1.165) is 27.8 Å². The predicted molar refractivity (Wildman–Crippen MR) is 89.6 cm³/mol. The second-order valence-electron chi connectivity index (χ2n) is 4.93. The van der Waals surface area contributed by atoms with Crippen LogP contribution in [0.5, 0.6) is 5.75 Å². The highest BCUT2D eigenvalue weighted by Crippen LogP contribution is 2.50. The molecular formula is C18H14N2OS. The molecule has 108 valence electrons. The van der Waals surface area contributed by atoms with E-state index in [0.29, 0.717) is 0 Å². The normalized spacial score (nSPS) is 12.5. The van der Waals surface area contributed by atoms with Gasteiger partial charge < -0.3 is 4.74 Å². The van der Waals surface area contributed by atoms with E-state index in [-0.39, 0.29) is 0 Å². The zero-order valence-corrected chi connectivity index (χ0v) is 12.9. The number of fused-ring (bicyclic) bond motifs is 2. The first-order chi connectivity index (χ1) is 10.9. The lowest BCUT2D eigenvalue weighted by Gasteiger charge is -2.31. The number of para-hydroxylation sites is 1. The number of nitrogens with zero attached hydrogens (tertiary/aromatic N) is 2. The summed E-state index contributed by atoms with van der Waals surface area (Å²) in [4.78, 5) is 9.19. The minimum atomic E-state index is 0.852. The maximum Gasteiger partial charge on any atom is 0.151 e. The molecule has 4 heteroatoms. The highest BCUT2D eigenvalue weighted by atomic mass is 32.2. The Morgan fingerprint density at radius 1 is 0.909 bits per heavy atom. The molecular weight excluding hydrogens is 292 g/mol. The van der Waals surface area contributed by atoms with Gasteiger partial charge in [-0.25, -0.2) is 4.98 Å². The van der Waals surface area contributed by atoms with E-state index in [1.54, 1.807) is 18.9 Å². The Labute approximate surface area is 133 Å². The van der Waals surface area contributed by atoms with Gasteiger partial charge in [0.15, 0.2) is 5.82 Å². The minimum Gasteiger partial charge on any atom is -0.497 e. The summed E-state index contributed by atoms with van der Waals surface area (Å²) >= 11 is 1.76. The number of pyridine rings is 1. The second kappa shape index (κ2) is 5.39. The molecule has 0 atom stereocenters. The van der Waals surface area contributed by atoms with Crippen molar-refractivity contribution in [2.45, 2.75) is 9.79 Å². The van der Waals surface area contributed by atoms with Crippen LogP contribution in [-0.4, -0.2) is 12.1 Å². The lowest BCUT2D eigenvalue weighted by atomic mass is 10.2. The van der Waals surface area contributed by atoms with Crippen molar-refractivity contribution in [3.63, 3.8) is 0 Å². The Morgan fingerprint density at radius 2 is 1.68 bits per heavy atom. The molecule has 0 aliphatic carbocycles. The maximum atomic E-state index is 5.26. The van der Waals surface area contributed by atoms with Crippen LogP contribution in [0.3, 0.4) is 0 Å². The van der Waals surface area contributed by atoms with Crippen LogP contribution >= 0.6 is 11.8 Å². The highest BCUT2D eigenvalue weighted by molar-refractivity contribution is 7.99. The van der Waals surface area contributed by atoms with E-state index in [9.17, 15) is 0 Å². The summed E-state index contributed by atoms with van der Waals surface area (Å²) in [6.07, 6.45) is 1.84. The highest BCUT2D eigenvalue weighted by Gasteiger charge is 2.25. The predicted octanol–water partition coefficient (Wildman–Crippen LogP) is 5.02. The van der Waals surface area contributed by atoms with Gasteiger partial charge in [-0.1, -0.05) is 23.9 Å². The number of hydrogen-bond acceptors (Lipinski definition) is 4. The van der Waals surface area contributed by atoms with Gasteiger partial charge in [-0.15, -0.1) is 0 Å². The van der Waals surface area contributed by atoms with Crippen molar-refractivity contribution < 1.29 is 4.74 Å². The third kappa shape index (κ3) is 2.12. The van der Waals surface area contributed by atoms with Crippen molar-refractivity contribution in [1.82, 2.24) is 4.98 Å². The molecule has 1 aliphatic heterocycles. The van der Waals surface area contributed by atoms with Crippen LogP contribution in [0.4, 0.5) is 17.2 Å². The Kier molecular flexibility index (Phi) is 3.24. The summed E-state index contributed by atoms with van der Waals surface area (Å²) < 4.78 is 5.26. The van der Waals surface area contributed by atoms with Gasteiger partial charge in [0.2, 0.25) is 0 Å². The fraction of sp³-hybridized carbons (Fsp3) is 0.0556. The summed E-state index contributed by atoms with van der Waals surface area (Å²) in [7, 11) is 1.68. The smallest absolute Gasteiger partial charge is 0.151 e. The van der Waals surface area contributed by atoms with E-state index in [4.69, 9.17) is 4.74 Å². The van der Waals surface area contributed by atoms with E-state index >= 15 is 0 Å². The van der Waals surface area contributed by atoms with Crippen molar-refractivity contribution in [3.05, 3.63) is 66.9 Å². The molecule has 4 rings (SSSR count). The zero-order valence-electron chi connectivity index (χ0n) is 12.1. The van der Waals surface area contributed by atoms with E-state index in [1.165, 1.54) is 4.90 Å². The molecule has 2 aromatic carbocycles. The Balaban J connectivity index is 1.90. The number of anilines is 3. The molecule has 0 spiro atoms.